The van der Waals surface area contributed by atoms with Crippen LogP contribution in [0.1, 0.15) is 64.2 Å². The Bertz CT molecular complexity index is 387. The molecule has 0 bridgehead atoms. The molecule has 5 aliphatic rings. The largest absolute Gasteiger partial charge is 0.347 e. The van der Waals surface area contributed by atoms with Gasteiger partial charge in [0, 0.05) is 25.7 Å². The minimum absolute atomic E-state index is 0.00157. The molecular weight excluding hydrogens is 284 g/mol. The van der Waals surface area contributed by atoms with E-state index >= 15 is 0 Å². The first-order chi connectivity index (χ1) is 10.8. The Kier molecular flexibility index (Phi) is 3.32. The molecule has 0 aromatic rings. The summed E-state index contributed by atoms with van der Waals surface area (Å²) >= 11 is 0. The molecule has 5 fully saturated rings. The van der Waals surface area contributed by atoms with Crippen LogP contribution < -0.4 is 0 Å². The van der Waals surface area contributed by atoms with Crippen LogP contribution in [0.5, 0.6) is 0 Å². The van der Waals surface area contributed by atoms with Gasteiger partial charge >= 0.3 is 0 Å². The summed E-state index contributed by atoms with van der Waals surface area (Å²) in [7, 11) is 0. The van der Waals surface area contributed by atoms with E-state index in [0.29, 0.717) is 6.61 Å². The molecule has 0 radical (unpaired) electrons. The fourth-order valence-corrected chi connectivity index (χ4v) is 4.90. The monoisotopic (exact) mass is 310 g/mol. The van der Waals surface area contributed by atoms with Gasteiger partial charge in [0.1, 0.15) is 18.3 Å². The first-order valence-electron chi connectivity index (χ1n) is 9.11. The van der Waals surface area contributed by atoms with Crippen molar-refractivity contribution >= 4 is 0 Å². The van der Waals surface area contributed by atoms with Crippen LogP contribution in [0.25, 0.3) is 0 Å². The highest BCUT2D eigenvalue weighted by molar-refractivity contribution is 4.99. The molecule has 4 atom stereocenters. The Labute approximate surface area is 131 Å². The fourth-order valence-electron chi connectivity index (χ4n) is 4.90. The van der Waals surface area contributed by atoms with E-state index in [4.69, 9.17) is 23.7 Å². The van der Waals surface area contributed by atoms with Gasteiger partial charge in [0.25, 0.3) is 0 Å². The molecular formula is C17H26O5. The zero-order valence-corrected chi connectivity index (χ0v) is 13.1. The van der Waals surface area contributed by atoms with Crippen LogP contribution in [0, 0.1) is 0 Å². The van der Waals surface area contributed by atoms with Crippen molar-refractivity contribution < 1.29 is 23.7 Å². The molecule has 2 saturated carbocycles. The molecule has 3 saturated heterocycles. The van der Waals surface area contributed by atoms with Gasteiger partial charge < -0.3 is 23.7 Å². The Morgan fingerprint density at radius 2 is 1.18 bits per heavy atom. The highest BCUT2D eigenvalue weighted by atomic mass is 16.9. The predicted molar refractivity (Wildman–Crippen MR) is 77.1 cm³/mol. The van der Waals surface area contributed by atoms with Crippen molar-refractivity contribution in [2.24, 2.45) is 0 Å². The SMILES string of the molecule is C1CCC2(CC1)O[C@H]1OC[C@H]3OC4(CCCCC4)O[C@@H]3[C@H]1O2. The number of rotatable bonds is 0. The summed E-state index contributed by atoms with van der Waals surface area (Å²) in [6, 6.07) is 0. The van der Waals surface area contributed by atoms with Gasteiger partial charge in [0.15, 0.2) is 17.9 Å². The molecule has 0 unspecified atom stereocenters. The van der Waals surface area contributed by atoms with Gasteiger partial charge in [-0.3, -0.25) is 0 Å². The lowest BCUT2D eigenvalue weighted by Crippen LogP contribution is -2.50. The molecule has 3 aliphatic heterocycles. The topological polar surface area (TPSA) is 46.2 Å². The fraction of sp³-hybridized carbons (Fsp3) is 1.00. The second kappa shape index (κ2) is 5.15. The molecule has 5 nitrogen and oxygen atoms in total. The van der Waals surface area contributed by atoms with E-state index in [0.717, 1.165) is 25.7 Å². The normalized spacial score (nSPS) is 45.8. The van der Waals surface area contributed by atoms with Crippen LogP contribution in [-0.4, -0.2) is 42.8 Å². The van der Waals surface area contributed by atoms with E-state index in [9.17, 15) is 0 Å². The summed E-state index contributed by atoms with van der Waals surface area (Å²) in [6.45, 7) is 0.563. The molecule has 0 amide bonds. The lowest BCUT2D eigenvalue weighted by atomic mass is 9.94. The Balaban J connectivity index is 1.35. The Hall–Kier alpha value is -0.200. The van der Waals surface area contributed by atoms with Crippen molar-refractivity contribution in [1.82, 2.24) is 0 Å². The highest BCUT2D eigenvalue weighted by Gasteiger charge is 2.61. The second-order valence-electron chi connectivity index (χ2n) is 7.58. The molecule has 124 valence electrons. The van der Waals surface area contributed by atoms with Crippen LogP contribution in [0.2, 0.25) is 0 Å². The first-order valence-corrected chi connectivity index (χ1v) is 9.11. The zero-order chi connectivity index (χ0) is 14.6. The van der Waals surface area contributed by atoms with Crippen molar-refractivity contribution in [2.75, 3.05) is 6.61 Å². The van der Waals surface area contributed by atoms with Crippen molar-refractivity contribution in [1.29, 1.82) is 0 Å². The maximum absolute atomic E-state index is 6.43. The van der Waals surface area contributed by atoms with E-state index in [1.807, 2.05) is 0 Å². The van der Waals surface area contributed by atoms with Gasteiger partial charge in [0.05, 0.1) is 6.61 Å². The standard InChI is InChI=1S/C17H26O5/c1-3-7-16(8-4-1)19-12-11-18-15-14(13(12)20-16)21-17(22-15)9-5-2-6-10-17/h12-15H,1-11H2/t12-,13+,14-,15-/m1/s1. The summed E-state index contributed by atoms with van der Waals surface area (Å²) in [5.74, 6) is -0.800. The van der Waals surface area contributed by atoms with Crippen LogP contribution in [0.4, 0.5) is 0 Å². The third-order valence-electron chi connectivity index (χ3n) is 6.01. The summed E-state index contributed by atoms with van der Waals surface area (Å²) in [4.78, 5) is 0. The molecule has 5 rings (SSSR count). The average molecular weight is 310 g/mol. The number of hydrogen-bond acceptors (Lipinski definition) is 5. The second-order valence-corrected chi connectivity index (χ2v) is 7.58. The zero-order valence-electron chi connectivity index (χ0n) is 13.1. The van der Waals surface area contributed by atoms with Gasteiger partial charge in [-0.1, -0.05) is 12.8 Å². The van der Waals surface area contributed by atoms with E-state index in [-0.39, 0.29) is 30.4 Å². The van der Waals surface area contributed by atoms with Crippen molar-refractivity contribution in [2.45, 2.75) is 100 Å². The van der Waals surface area contributed by atoms with Gasteiger partial charge in [-0.2, -0.15) is 0 Å². The molecule has 22 heavy (non-hydrogen) atoms. The number of ether oxygens (including phenoxy) is 5. The van der Waals surface area contributed by atoms with E-state index < -0.39 is 5.79 Å². The van der Waals surface area contributed by atoms with Crippen LogP contribution in [0.15, 0.2) is 0 Å². The number of fused-ring (bicyclic) bond motifs is 3. The van der Waals surface area contributed by atoms with Crippen LogP contribution in [-0.2, 0) is 23.7 Å². The van der Waals surface area contributed by atoms with Crippen molar-refractivity contribution in [3.63, 3.8) is 0 Å². The minimum Gasteiger partial charge on any atom is -0.347 e. The van der Waals surface area contributed by atoms with Crippen molar-refractivity contribution in [3.05, 3.63) is 0 Å². The molecule has 3 heterocycles. The average Bonchev–Trinajstić information content (AvgIpc) is 3.07. The molecule has 0 aromatic heterocycles. The minimum atomic E-state index is -0.422. The van der Waals surface area contributed by atoms with Crippen LogP contribution >= 0.6 is 0 Å². The van der Waals surface area contributed by atoms with E-state index in [1.54, 1.807) is 0 Å². The summed E-state index contributed by atoms with van der Waals surface area (Å²) in [5.41, 5.74) is 0. The Morgan fingerprint density at radius 1 is 0.591 bits per heavy atom. The number of hydrogen-bond donors (Lipinski definition) is 0. The summed E-state index contributed by atoms with van der Waals surface area (Å²) in [6.07, 6.45) is 10.8. The quantitative estimate of drug-likeness (QED) is 0.688. The molecule has 2 spiro atoms. The summed E-state index contributed by atoms with van der Waals surface area (Å²) < 4.78 is 31.2. The van der Waals surface area contributed by atoms with Crippen molar-refractivity contribution in [3.8, 4) is 0 Å². The van der Waals surface area contributed by atoms with Crippen LogP contribution in [0.3, 0.4) is 0 Å². The lowest BCUT2D eigenvalue weighted by Gasteiger charge is -2.33. The molecule has 2 aliphatic carbocycles. The third kappa shape index (κ3) is 2.17. The smallest absolute Gasteiger partial charge is 0.189 e. The van der Waals surface area contributed by atoms with Gasteiger partial charge in [0.2, 0.25) is 0 Å². The van der Waals surface area contributed by atoms with Gasteiger partial charge in [-0.05, 0) is 25.7 Å². The maximum atomic E-state index is 6.43. The summed E-state index contributed by atoms with van der Waals surface area (Å²) in [5, 5.41) is 0. The highest BCUT2D eigenvalue weighted by Crippen LogP contribution is 2.49. The lowest BCUT2D eigenvalue weighted by molar-refractivity contribution is -0.234. The van der Waals surface area contributed by atoms with Gasteiger partial charge in [-0.25, -0.2) is 0 Å². The molecule has 5 heteroatoms. The Morgan fingerprint density at radius 3 is 1.86 bits per heavy atom. The molecule has 0 aromatic carbocycles. The maximum Gasteiger partial charge on any atom is 0.189 e. The predicted octanol–water partition coefficient (Wildman–Crippen LogP) is 2.86. The van der Waals surface area contributed by atoms with E-state index in [1.165, 1.54) is 38.5 Å². The van der Waals surface area contributed by atoms with E-state index in [2.05, 4.69) is 0 Å². The first kappa shape index (κ1) is 14.2. The van der Waals surface area contributed by atoms with Gasteiger partial charge in [-0.15, -0.1) is 0 Å². The third-order valence-corrected chi connectivity index (χ3v) is 6.01. The molecule has 0 N–H and O–H groups in total.